The molecule has 2 atom stereocenters. The van der Waals surface area contributed by atoms with Crippen molar-refractivity contribution >= 4 is 21.7 Å². The second-order valence-electron chi connectivity index (χ2n) is 5.82. The van der Waals surface area contributed by atoms with E-state index < -0.39 is 22.0 Å². The highest BCUT2D eigenvalue weighted by Crippen LogP contribution is 2.22. The third kappa shape index (κ3) is 5.77. The Bertz CT molecular complexity index is 660. The van der Waals surface area contributed by atoms with Gasteiger partial charge in [0.2, 0.25) is 10.0 Å². The Hall–Kier alpha value is -1.64. The molecule has 0 unspecified atom stereocenters. The molecule has 0 aliphatic rings. The zero-order chi connectivity index (χ0) is 18.3. The van der Waals surface area contributed by atoms with Crippen molar-refractivity contribution in [2.24, 2.45) is 0 Å². The van der Waals surface area contributed by atoms with Gasteiger partial charge in [-0.2, -0.15) is 0 Å². The molecule has 0 aliphatic heterocycles. The number of hydrogen-bond donors (Lipinski definition) is 3. The average Bonchev–Trinajstić information content (AvgIpc) is 2.47. The number of carboxylic acids is 1. The van der Waals surface area contributed by atoms with Gasteiger partial charge in [-0.15, -0.1) is 0 Å². The lowest BCUT2D eigenvalue weighted by Gasteiger charge is -2.18. The summed E-state index contributed by atoms with van der Waals surface area (Å²) in [7, 11) is -2.34. The highest BCUT2D eigenvalue weighted by Gasteiger charge is 2.21. The Kier molecular flexibility index (Phi) is 7.65. The van der Waals surface area contributed by atoms with Crippen LogP contribution in [-0.2, 0) is 14.8 Å². The van der Waals surface area contributed by atoms with Gasteiger partial charge in [0.15, 0.2) is 0 Å². The summed E-state index contributed by atoms with van der Waals surface area (Å²) in [5.74, 6) is -1.18. The van der Waals surface area contributed by atoms with E-state index in [1.165, 1.54) is 25.3 Å². The van der Waals surface area contributed by atoms with E-state index in [0.29, 0.717) is 5.69 Å². The van der Waals surface area contributed by atoms with Crippen LogP contribution in [0, 0.1) is 0 Å². The Morgan fingerprint density at radius 3 is 2.50 bits per heavy atom. The topological polar surface area (TPSA) is 105 Å². The van der Waals surface area contributed by atoms with Gasteiger partial charge >= 0.3 is 5.97 Å². The zero-order valence-corrected chi connectivity index (χ0v) is 15.3. The van der Waals surface area contributed by atoms with Crippen LogP contribution in [0.5, 0.6) is 0 Å². The fourth-order valence-electron chi connectivity index (χ4n) is 2.38. The number of nitrogens with one attached hydrogen (secondary N) is 2. The van der Waals surface area contributed by atoms with Gasteiger partial charge in [0.25, 0.3) is 0 Å². The van der Waals surface area contributed by atoms with Crippen molar-refractivity contribution in [2.75, 3.05) is 19.0 Å². The number of aromatic carboxylic acids is 1. The largest absolute Gasteiger partial charge is 0.478 e. The van der Waals surface area contributed by atoms with Gasteiger partial charge in [-0.05, 0) is 38.5 Å². The maximum absolute atomic E-state index is 12.3. The van der Waals surface area contributed by atoms with E-state index in [4.69, 9.17) is 4.74 Å². The van der Waals surface area contributed by atoms with E-state index in [0.717, 1.165) is 12.8 Å². The van der Waals surface area contributed by atoms with Crippen molar-refractivity contribution in [1.82, 2.24) is 4.72 Å². The third-order valence-electron chi connectivity index (χ3n) is 3.43. The molecule has 1 aromatic carbocycles. The predicted molar refractivity (Wildman–Crippen MR) is 93.1 cm³/mol. The molecule has 0 radical (unpaired) electrons. The van der Waals surface area contributed by atoms with Crippen molar-refractivity contribution in [3.63, 3.8) is 0 Å². The lowest BCUT2D eigenvalue weighted by atomic mass is 10.1. The number of hydrogen-bond acceptors (Lipinski definition) is 5. The number of methoxy groups -OCH3 is 1. The molecule has 0 fully saturated rings. The van der Waals surface area contributed by atoms with Crippen molar-refractivity contribution in [3.05, 3.63) is 23.8 Å². The summed E-state index contributed by atoms with van der Waals surface area (Å²) in [6.45, 7) is 5.88. The van der Waals surface area contributed by atoms with Gasteiger partial charge in [-0.1, -0.05) is 13.3 Å². The maximum atomic E-state index is 12.3. The van der Waals surface area contributed by atoms with Gasteiger partial charge in [0.05, 0.1) is 17.1 Å². The quantitative estimate of drug-likeness (QED) is 0.593. The van der Waals surface area contributed by atoms with Crippen LogP contribution in [0.2, 0.25) is 0 Å². The molecule has 0 aromatic heterocycles. The fourth-order valence-corrected chi connectivity index (χ4v) is 3.63. The fraction of sp³-hybridized carbons (Fsp3) is 0.562. The van der Waals surface area contributed by atoms with E-state index in [-0.39, 0.29) is 23.1 Å². The molecule has 0 saturated heterocycles. The van der Waals surface area contributed by atoms with E-state index in [1.807, 2.05) is 13.8 Å². The van der Waals surface area contributed by atoms with Gasteiger partial charge in [-0.3, -0.25) is 0 Å². The van der Waals surface area contributed by atoms with E-state index in [1.54, 1.807) is 6.92 Å². The summed E-state index contributed by atoms with van der Waals surface area (Å²) in [5.41, 5.74) is 0.340. The van der Waals surface area contributed by atoms with Gasteiger partial charge in [-0.25, -0.2) is 17.9 Å². The minimum Gasteiger partial charge on any atom is -0.478 e. The summed E-state index contributed by atoms with van der Waals surface area (Å²) in [6.07, 6.45) is 1.85. The second kappa shape index (κ2) is 9.00. The number of sulfonamides is 1. The average molecular weight is 358 g/mol. The molecule has 0 amide bonds. The smallest absolute Gasteiger partial charge is 0.337 e. The summed E-state index contributed by atoms with van der Waals surface area (Å²) in [5, 5.41) is 12.5. The SMILES string of the molecule is CCC[C@@H](C)Nc1ccc(S(=O)(=O)N[C@H](C)COC)cc1C(=O)O. The Labute approximate surface area is 143 Å². The van der Waals surface area contributed by atoms with Crippen LogP contribution in [0.25, 0.3) is 0 Å². The monoisotopic (exact) mass is 358 g/mol. The lowest BCUT2D eigenvalue weighted by Crippen LogP contribution is -2.35. The Morgan fingerprint density at radius 2 is 1.96 bits per heavy atom. The second-order valence-corrected chi connectivity index (χ2v) is 7.54. The summed E-state index contributed by atoms with van der Waals surface area (Å²) in [6, 6.07) is 3.73. The summed E-state index contributed by atoms with van der Waals surface area (Å²) < 4.78 is 32.1. The minimum atomic E-state index is -3.81. The molecule has 8 heteroatoms. The van der Waals surface area contributed by atoms with E-state index >= 15 is 0 Å². The molecule has 0 aliphatic carbocycles. The predicted octanol–water partition coefficient (Wildman–Crippen LogP) is 2.30. The van der Waals surface area contributed by atoms with Crippen LogP contribution in [0.1, 0.15) is 44.0 Å². The van der Waals surface area contributed by atoms with Gasteiger partial charge in [0.1, 0.15) is 0 Å². The van der Waals surface area contributed by atoms with Crippen LogP contribution in [0.3, 0.4) is 0 Å². The minimum absolute atomic E-state index is 0.0692. The number of anilines is 1. The van der Waals surface area contributed by atoms with Gasteiger partial charge < -0.3 is 15.2 Å². The molecule has 3 N–H and O–H groups in total. The van der Waals surface area contributed by atoms with Crippen LogP contribution < -0.4 is 10.0 Å². The zero-order valence-electron chi connectivity index (χ0n) is 14.5. The first-order chi connectivity index (χ1) is 11.2. The van der Waals surface area contributed by atoms with E-state index in [9.17, 15) is 18.3 Å². The van der Waals surface area contributed by atoms with Crippen LogP contribution in [0.15, 0.2) is 23.1 Å². The van der Waals surface area contributed by atoms with Crippen molar-refractivity contribution in [2.45, 2.75) is 50.6 Å². The van der Waals surface area contributed by atoms with Crippen molar-refractivity contribution < 1.29 is 23.1 Å². The summed E-state index contributed by atoms with van der Waals surface area (Å²) >= 11 is 0. The number of benzene rings is 1. The standard InChI is InChI=1S/C16H26N2O5S/c1-5-6-11(2)17-15-8-7-13(9-14(15)16(19)20)24(21,22)18-12(3)10-23-4/h7-9,11-12,17-18H,5-6,10H2,1-4H3,(H,19,20)/t11-,12-/m1/s1. The molecule has 1 rings (SSSR count). The molecular weight excluding hydrogens is 332 g/mol. The molecular formula is C16H26N2O5S. The number of carbonyl (C=O) groups is 1. The summed E-state index contributed by atoms with van der Waals surface area (Å²) in [4.78, 5) is 11.4. The molecule has 1 aromatic rings. The van der Waals surface area contributed by atoms with Crippen LogP contribution in [-0.4, -0.2) is 45.3 Å². The lowest BCUT2D eigenvalue weighted by molar-refractivity contribution is 0.0697. The van der Waals surface area contributed by atoms with Crippen molar-refractivity contribution in [3.8, 4) is 0 Å². The molecule has 0 heterocycles. The number of ether oxygens (including phenoxy) is 1. The van der Waals surface area contributed by atoms with Gasteiger partial charge in [0, 0.05) is 24.9 Å². The molecule has 0 spiro atoms. The first kappa shape index (κ1) is 20.4. The molecule has 0 bridgehead atoms. The first-order valence-corrected chi connectivity index (χ1v) is 9.34. The van der Waals surface area contributed by atoms with Crippen LogP contribution >= 0.6 is 0 Å². The first-order valence-electron chi connectivity index (χ1n) is 7.86. The molecule has 0 saturated carbocycles. The highest BCUT2D eigenvalue weighted by atomic mass is 32.2. The maximum Gasteiger partial charge on any atom is 0.337 e. The molecule has 24 heavy (non-hydrogen) atoms. The third-order valence-corrected chi connectivity index (χ3v) is 5.02. The highest BCUT2D eigenvalue weighted by molar-refractivity contribution is 7.89. The van der Waals surface area contributed by atoms with Crippen molar-refractivity contribution in [1.29, 1.82) is 0 Å². The Morgan fingerprint density at radius 1 is 1.29 bits per heavy atom. The number of carboxylic acid groups (broad SMARTS) is 1. The molecule has 136 valence electrons. The molecule has 7 nitrogen and oxygen atoms in total. The number of rotatable bonds is 10. The normalized spacial score (nSPS) is 14.2. The van der Waals surface area contributed by atoms with E-state index in [2.05, 4.69) is 10.0 Å². The Balaban J connectivity index is 3.11. The van der Waals surface area contributed by atoms with Crippen LogP contribution in [0.4, 0.5) is 5.69 Å².